The molecule has 1 aliphatic heterocycles. The second-order valence-electron chi connectivity index (χ2n) is 4.87. The van der Waals surface area contributed by atoms with Gasteiger partial charge >= 0.3 is 0 Å². The lowest BCUT2D eigenvalue weighted by Crippen LogP contribution is -2.54. The third kappa shape index (κ3) is 2.66. The SMILES string of the molecule is NC(=O)CNC(=O)C1CN(c2nc3c(F)cccc3s2)C1. The highest BCUT2D eigenvalue weighted by Crippen LogP contribution is 2.33. The van der Waals surface area contributed by atoms with Crippen molar-refractivity contribution in [2.24, 2.45) is 11.7 Å². The first-order valence-corrected chi connectivity index (χ1v) is 7.22. The summed E-state index contributed by atoms with van der Waals surface area (Å²) in [6.07, 6.45) is 0. The van der Waals surface area contributed by atoms with Crippen LogP contribution in [0.4, 0.5) is 9.52 Å². The topological polar surface area (TPSA) is 88.3 Å². The standard InChI is InChI=1S/C13H13FN4O2S/c14-8-2-1-3-9-11(8)17-13(21-9)18-5-7(6-18)12(20)16-4-10(15)19/h1-3,7H,4-6H2,(H2,15,19)(H,16,20). The molecule has 0 saturated carbocycles. The molecular weight excluding hydrogens is 295 g/mol. The predicted molar refractivity (Wildman–Crippen MR) is 77.5 cm³/mol. The fourth-order valence-corrected chi connectivity index (χ4v) is 3.16. The van der Waals surface area contributed by atoms with Crippen molar-refractivity contribution in [2.75, 3.05) is 24.5 Å². The van der Waals surface area contributed by atoms with Gasteiger partial charge in [0.15, 0.2) is 5.13 Å². The molecule has 110 valence electrons. The zero-order chi connectivity index (χ0) is 15.0. The summed E-state index contributed by atoms with van der Waals surface area (Å²) in [5.74, 6) is -1.30. The minimum absolute atomic E-state index is 0.151. The normalized spacial score (nSPS) is 15.0. The molecule has 0 aliphatic carbocycles. The molecule has 6 nitrogen and oxygen atoms in total. The number of carbonyl (C=O) groups excluding carboxylic acids is 2. The monoisotopic (exact) mass is 308 g/mol. The van der Waals surface area contributed by atoms with Crippen LogP contribution in [-0.4, -0.2) is 36.4 Å². The van der Waals surface area contributed by atoms with Gasteiger partial charge in [-0.1, -0.05) is 17.4 Å². The number of hydrogen-bond acceptors (Lipinski definition) is 5. The fourth-order valence-electron chi connectivity index (χ4n) is 2.16. The molecule has 3 rings (SSSR count). The molecule has 1 fully saturated rings. The van der Waals surface area contributed by atoms with E-state index < -0.39 is 5.91 Å². The highest BCUT2D eigenvalue weighted by molar-refractivity contribution is 7.22. The van der Waals surface area contributed by atoms with E-state index in [0.717, 1.165) is 4.70 Å². The van der Waals surface area contributed by atoms with Crippen LogP contribution >= 0.6 is 11.3 Å². The first-order chi connectivity index (χ1) is 10.0. The molecule has 1 aromatic carbocycles. The van der Waals surface area contributed by atoms with Crippen LogP contribution in [0, 0.1) is 11.7 Å². The van der Waals surface area contributed by atoms with Crippen LogP contribution in [0.3, 0.4) is 0 Å². The zero-order valence-electron chi connectivity index (χ0n) is 11.0. The first kappa shape index (κ1) is 13.7. The highest BCUT2D eigenvalue weighted by Gasteiger charge is 2.34. The Morgan fingerprint density at radius 2 is 2.24 bits per heavy atom. The second-order valence-corrected chi connectivity index (χ2v) is 5.88. The van der Waals surface area contributed by atoms with Crippen molar-refractivity contribution in [3.8, 4) is 0 Å². The van der Waals surface area contributed by atoms with Gasteiger partial charge in [-0.25, -0.2) is 9.37 Å². The van der Waals surface area contributed by atoms with Crippen molar-refractivity contribution in [2.45, 2.75) is 0 Å². The van der Waals surface area contributed by atoms with Crippen molar-refractivity contribution in [3.63, 3.8) is 0 Å². The molecule has 0 atom stereocenters. The van der Waals surface area contributed by atoms with E-state index in [0.29, 0.717) is 23.7 Å². The number of primary amides is 1. The summed E-state index contributed by atoms with van der Waals surface area (Å²) in [6, 6.07) is 4.84. The molecule has 1 saturated heterocycles. The molecule has 1 aliphatic rings. The van der Waals surface area contributed by atoms with E-state index >= 15 is 0 Å². The Bertz CT molecular complexity index is 711. The van der Waals surface area contributed by atoms with Gasteiger partial charge < -0.3 is 16.0 Å². The number of anilines is 1. The second kappa shape index (κ2) is 5.28. The molecular formula is C13H13FN4O2S. The minimum Gasteiger partial charge on any atom is -0.368 e. The van der Waals surface area contributed by atoms with Crippen LogP contribution in [0.25, 0.3) is 10.2 Å². The first-order valence-electron chi connectivity index (χ1n) is 6.40. The molecule has 2 amide bonds. The lowest BCUT2D eigenvalue weighted by molar-refractivity contribution is -0.128. The number of nitrogens with zero attached hydrogens (tertiary/aromatic N) is 2. The van der Waals surface area contributed by atoms with E-state index in [9.17, 15) is 14.0 Å². The van der Waals surface area contributed by atoms with E-state index in [1.807, 2.05) is 11.0 Å². The highest BCUT2D eigenvalue weighted by atomic mass is 32.1. The summed E-state index contributed by atoms with van der Waals surface area (Å²) in [5, 5.41) is 3.18. The number of amides is 2. The van der Waals surface area contributed by atoms with Gasteiger partial charge in [0.2, 0.25) is 11.8 Å². The largest absolute Gasteiger partial charge is 0.368 e. The van der Waals surface area contributed by atoms with Crippen molar-refractivity contribution in [1.82, 2.24) is 10.3 Å². The summed E-state index contributed by atoms with van der Waals surface area (Å²) in [6.45, 7) is 0.861. The molecule has 0 unspecified atom stereocenters. The Kier molecular flexibility index (Phi) is 3.46. The number of fused-ring (bicyclic) bond motifs is 1. The number of halogens is 1. The Labute approximate surface area is 123 Å². The lowest BCUT2D eigenvalue weighted by Gasteiger charge is -2.37. The molecule has 0 bridgehead atoms. The third-order valence-electron chi connectivity index (χ3n) is 3.32. The molecule has 21 heavy (non-hydrogen) atoms. The summed E-state index contributed by atoms with van der Waals surface area (Å²) >= 11 is 1.40. The van der Waals surface area contributed by atoms with Gasteiger partial charge in [-0.3, -0.25) is 9.59 Å². The Morgan fingerprint density at radius 1 is 1.48 bits per heavy atom. The molecule has 1 aromatic heterocycles. The minimum atomic E-state index is -0.568. The van der Waals surface area contributed by atoms with Crippen molar-refractivity contribution in [3.05, 3.63) is 24.0 Å². The Morgan fingerprint density at radius 3 is 2.90 bits per heavy atom. The Balaban J connectivity index is 1.63. The lowest BCUT2D eigenvalue weighted by atomic mass is 10.0. The average molecular weight is 308 g/mol. The van der Waals surface area contributed by atoms with E-state index in [2.05, 4.69) is 10.3 Å². The average Bonchev–Trinajstić information content (AvgIpc) is 2.79. The zero-order valence-corrected chi connectivity index (χ0v) is 11.8. The van der Waals surface area contributed by atoms with Crippen molar-refractivity contribution in [1.29, 1.82) is 0 Å². The number of aromatic nitrogens is 1. The van der Waals surface area contributed by atoms with Gasteiger partial charge in [0.05, 0.1) is 17.2 Å². The maximum atomic E-state index is 13.6. The predicted octanol–water partition coefficient (Wildman–Crippen LogP) is 0.473. The van der Waals surface area contributed by atoms with Gasteiger partial charge in [0.1, 0.15) is 11.3 Å². The van der Waals surface area contributed by atoms with Gasteiger partial charge in [-0.2, -0.15) is 0 Å². The third-order valence-corrected chi connectivity index (χ3v) is 4.40. The van der Waals surface area contributed by atoms with Gasteiger partial charge in [0.25, 0.3) is 0 Å². The maximum absolute atomic E-state index is 13.6. The number of nitrogens with two attached hydrogens (primary N) is 1. The fraction of sp³-hybridized carbons (Fsp3) is 0.308. The van der Waals surface area contributed by atoms with Gasteiger partial charge in [-0.05, 0) is 12.1 Å². The summed E-state index contributed by atoms with van der Waals surface area (Å²) < 4.78 is 14.4. The van der Waals surface area contributed by atoms with E-state index in [1.165, 1.54) is 17.4 Å². The van der Waals surface area contributed by atoms with Crippen LogP contribution in [-0.2, 0) is 9.59 Å². The van der Waals surface area contributed by atoms with Crippen molar-refractivity contribution >= 4 is 38.5 Å². The number of hydrogen-bond donors (Lipinski definition) is 2. The molecule has 2 heterocycles. The van der Waals surface area contributed by atoms with Crippen LogP contribution in [0.1, 0.15) is 0 Å². The number of rotatable bonds is 4. The molecule has 0 radical (unpaired) electrons. The number of para-hydroxylation sites is 1. The van der Waals surface area contributed by atoms with E-state index in [4.69, 9.17) is 5.73 Å². The van der Waals surface area contributed by atoms with Crippen LogP contribution in [0.5, 0.6) is 0 Å². The quantitative estimate of drug-likeness (QED) is 0.859. The summed E-state index contributed by atoms with van der Waals surface area (Å²) in [5.41, 5.74) is 5.33. The number of nitrogens with one attached hydrogen (secondary N) is 1. The number of thiazole rings is 1. The smallest absolute Gasteiger partial charge is 0.236 e. The molecule has 8 heteroatoms. The molecule has 0 spiro atoms. The van der Waals surface area contributed by atoms with Crippen LogP contribution in [0.2, 0.25) is 0 Å². The van der Waals surface area contributed by atoms with Crippen LogP contribution in [0.15, 0.2) is 18.2 Å². The van der Waals surface area contributed by atoms with Crippen LogP contribution < -0.4 is 16.0 Å². The number of benzene rings is 1. The number of carbonyl (C=O) groups is 2. The summed E-state index contributed by atoms with van der Waals surface area (Å²) in [7, 11) is 0. The Hall–Kier alpha value is -2.22. The maximum Gasteiger partial charge on any atom is 0.236 e. The van der Waals surface area contributed by atoms with E-state index in [1.54, 1.807) is 6.07 Å². The van der Waals surface area contributed by atoms with E-state index in [-0.39, 0.29) is 24.2 Å². The van der Waals surface area contributed by atoms with Crippen molar-refractivity contribution < 1.29 is 14.0 Å². The summed E-state index contributed by atoms with van der Waals surface area (Å²) in [4.78, 5) is 28.5. The van der Waals surface area contributed by atoms with Gasteiger partial charge in [0, 0.05) is 13.1 Å². The van der Waals surface area contributed by atoms with Gasteiger partial charge in [-0.15, -0.1) is 0 Å². The molecule has 3 N–H and O–H groups in total. The molecule has 2 aromatic rings.